The molecule has 1 fully saturated rings. The van der Waals surface area contributed by atoms with Crippen molar-refractivity contribution in [3.8, 4) is 0 Å². The Labute approximate surface area is 118 Å². The van der Waals surface area contributed by atoms with Gasteiger partial charge in [-0.1, -0.05) is 25.3 Å². The van der Waals surface area contributed by atoms with E-state index in [-0.39, 0.29) is 0 Å². The van der Waals surface area contributed by atoms with Gasteiger partial charge in [0.05, 0.1) is 0 Å². The lowest BCUT2D eigenvalue weighted by Crippen LogP contribution is -2.27. The van der Waals surface area contributed by atoms with Crippen molar-refractivity contribution in [2.75, 3.05) is 24.3 Å². The van der Waals surface area contributed by atoms with E-state index < -0.39 is 0 Å². The van der Waals surface area contributed by atoms with Crippen molar-refractivity contribution in [3.63, 3.8) is 0 Å². The Balaban J connectivity index is 2.03. The smallest absolute Gasteiger partial charge is 0.0411 e. The van der Waals surface area contributed by atoms with Crippen LogP contribution in [0.4, 0.5) is 11.4 Å². The molecule has 0 radical (unpaired) electrons. The monoisotopic (exact) mass is 260 g/mol. The Morgan fingerprint density at radius 2 is 1.84 bits per heavy atom. The van der Waals surface area contributed by atoms with Crippen LogP contribution in [0.1, 0.15) is 44.6 Å². The lowest BCUT2D eigenvalue weighted by atomic mass is 9.84. The van der Waals surface area contributed by atoms with E-state index >= 15 is 0 Å². The molecule has 2 heteroatoms. The molecule has 0 bridgehead atoms. The summed E-state index contributed by atoms with van der Waals surface area (Å²) in [5.41, 5.74) is 3.90. The first-order chi connectivity index (χ1) is 9.08. The standard InChI is InChI=1S/C17H28N2/c1-13-10-11-16(12-17(13)19(3)4)18-14(2)15-8-6-5-7-9-15/h10-12,14-15,18H,5-9H2,1-4H3. The van der Waals surface area contributed by atoms with E-state index in [1.165, 1.54) is 49.0 Å². The molecule has 1 N–H and O–H groups in total. The molecule has 1 unspecified atom stereocenters. The van der Waals surface area contributed by atoms with E-state index in [1.54, 1.807) is 0 Å². The van der Waals surface area contributed by atoms with Gasteiger partial charge in [0.1, 0.15) is 0 Å². The van der Waals surface area contributed by atoms with E-state index in [1.807, 2.05) is 0 Å². The fourth-order valence-electron chi connectivity index (χ4n) is 3.20. The maximum absolute atomic E-state index is 3.71. The Morgan fingerprint density at radius 1 is 1.16 bits per heavy atom. The first kappa shape index (κ1) is 14.2. The third-order valence-corrected chi connectivity index (χ3v) is 4.44. The topological polar surface area (TPSA) is 15.3 Å². The van der Waals surface area contributed by atoms with Gasteiger partial charge >= 0.3 is 0 Å². The molecule has 0 heterocycles. The average Bonchev–Trinajstić information content (AvgIpc) is 2.41. The van der Waals surface area contributed by atoms with Crippen molar-refractivity contribution in [1.82, 2.24) is 0 Å². The number of aryl methyl sites for hydroxylation is 1. The molecular weight excluding hydrogens is 232 g/mol. The van der Waals surface area contributed by atoms with Gasteiger partial charge in [-0.15, -0.1) is 0 Å². The highest BCUT2D eigenvalue weighted by atomic mass is 15.1. The van der Waals surface area contributed by atoms with Gasteiger partial charge in [-0.3, -0.25) is 0 Å². The van der Waals surface area contributed by atoms with Crippen LogP contribution >= 0.6 is 0 Å². The fraction of sp³-hybridized carbons (Fsp3) is 0.647. The van der Waals surface area contributed by atoms with Gasteiger partial charge in [0.15, 0.2) is 0 Å². The maximum atomic E-state index is 3.71. The van der Waals surface area contributed by atoms with Crippen molar-refractivity contribution in [1.29, 1.82) is 0 Å². The number of hydrogen-bond acceptors (Lipinski definition) is 2. The molecule has 1 aromatic carbocycles. The zero-order chi connectivity index (χ0) is 13.8. The van der Waals surface area contributed by atoms with Crippen LogP contribution < -0.4 is 10.2 Å². The molecule has 1 saturated carbocycles. The van der Waals surface area contributed by atoms with E-state index in [0.717, 1.165) is 5.92 Å². The minimum absolute atomic E-state index is 0.581. The summed E-state index contributed by atoms with van der Waals surface area (Å²) in [6, 6.07) is 7.28. The lowest BCUT2D eigenvalue weighted by Gasteiger charge is -2.29. The maximum Gasteiger partial charge on any atom is 0.0411 e. The molecule has 2 rings (SSSR count). The van der Waals surface area contributed by atoms with Gasteiger partial charge < -0.3 is 10.2 Å². The second-order valence-electron chi connectivity index (χ2n) is 6.23. The molecule has 1 aliphatic carbocycles. The molecule has 1 aromatic rings. The van der Waals surface area contributed by atoms with Crippen LogP contribution in [0, 0.1) is 12.8 Å². The minimum atomic E-state index is 0.581. The Bertz CT molecular complexity index is 406. The number of benzene rings is 1. The fourth-order valence-corrected chi connectivity index (χ4v) is 3.20. The summed E-state index contributed by atoms with van der Waals surface area (Å²) in [7, 11) is 4.22. The summed E-state index contributed by atoms with van der Waals surface area (Å²) in [5, 5.41) is 3.71. The molecule has 1 aliphatic rings. The third kappa shape index (κ3) is 3.65. The van der Waals surface area contributed by atoms with Gasteiger partial charge in [-0.25, -0.2) is 0 Å². The summed E-state index contributed by atoms with van der Waals surface area (Å²) in [5.74, 6) is 0.845. The van der Waals surface area contributed by atoms with Gasteiger partial charge in [0.25, 0.3) is 0 Å². The third-order valence-electron chi connectivity index (χ3n) is 4.44. The van der Waals surface area contributed by atoms with E-state index in [4.69, 9.17) is 0 Å². The molecule has 0 amide bonds. The van der Waals surface area contributed by atoms with Gasteiger partial charge in [-0.05, 0) is 50.3 Å². The molecule has 19 heavy (non-hydrogen) atoms. The van der Waals surface area contributed by atoms with Crippen LogP contribution in [0.5, 0.6) is 0 Å². The molecule has 2 nitrogen and oxygen atoms in total. The normalized spacial score (nSPS) is 18.1. The second-order valence-corrected chi connectivity index (χ2v) is 6.23. The number of rotatable bonds is 4. The molecule has 1 atom stereocenters. The summed E-state index contributed by atoms with van der Waals surface area (Å²) in [6.45, 7) is 4.51. The summed E-state index contributed by atoms with van der Waals surface area (Å²) in [6.07, 6.45) is 7.03. The van der Waals surface area contributed by atoms with Gasteiger partial charge in [0.2, 0.25) is 0 Å². The molecule has 0 spiro atoms. The first-order valence-electron chi connectivity index (χ1n) is 7.62. The van der Waals surface area contributed by atoms with Crippen LogP contribution in [0.25, 0.3) is 0 Å². The van der Waals surface area contributed by atoms with Crippen molar-refractivity contribution in [2.24, 2.45) is 5.92 Å². The van der Waals surface area contributed by atoms with Crippen LogP contribution in [-0.4, -0.2) is 20.1 Å². The van der Waals surface area contributed by atoms with Gasteiger partial charge in [-0.2, -0.15) is 0 Å². The Hall–Kier alpha value is -1.18. The molecule has 0 saturated heterocycles. The van der Waals surface area contributed by atoms with Crippen molar-refractivity contribution >= 4 is 11.4 Å². The number of nitrogens with zero attached hydrogens (tertiary/aromatic N) is 1. The van der Waals surface area contributed by atoms with Crippen LogP contribution in [0.15, 0.2) is 18.2 Å². The molecule has 0 aliphatic heterocycles. The number of hydrogen-bond donors (Lipinski definition) is 1. The Morgan fingerprint density at radius 3 is 2.47 bits per heavy atom. The first-order valence-corrected chi connectivity index (χ1v) is 7.62. The largest absolute Gasteiger partial charge is 0.382 e. The highest BCUT2D eigenvalue weighted by Gasteiger charge is 2.19. The summed E-state index contributed by atoms with van der Waals surface area (Å²) < 4.78 is 0. The Kier molecular flexibility index (Phi) is 4.73. The predicted molar refractivity (Wildman–Crippen MR) is 85.2 cm³/mol. The van der Waals surface area contributed by atoms with E-state index in [2.05, 4.69) is 56.4 Å². The zero-order valence-electron chi connectivity index (χ0n) is 12.9. The zero-order valence-corrected chi connectivity index (χ0v) is 12.9. The SMILES string of the molecule is Cc1ccc(NC(C)C2CCCCC2)cc1N(C)C. The molecule has 106 valence electrons. The quantitative estimate of drug-likeness (QED) is 0.861. The number of nitrogens with one attached hydrogen (secondary N) is 1. The average molecular weight is 260 g/mol. The second kappa shape index (κ2) is 6.31. The van der Waals surface area contributed by atoms with E-state index in [0.29, 0.717) is 6.04 Å². The van der Waals surface area contributed by atoms with Crippen molar-refractivity contribution in [3.05, 3.63) is 23.8 Å². The van der Waals surface area contributed by atoms with E-state index in [9.17, 15) is 0 Å². The molecule has 0 aromatic heterocycles. The highest BCUT2D eigenvalue weighted by molar-refractivity contribution is 5.62. The minimum Gasteiger partial charge on any atom is -0.382 e. The van der Waals surface area contributed by atoms with Crippen LogP contribution in [0.3, 0.4) is 0 Å². The van der Waals surface area contributed by atoms with Crippen molar-refractivity contribution in [2.45, 2.75) is 52.0 Å². The number of anilines is 2. The summed E-state index contributed by atoms with van der Waals surface area (Å²) >= 11 is 0. The van der Waals surface area contributed by atoms with Crippen LogP contribution in [0.2, 0.25) is 0 Å². The van der Waals surface area contributed by atoms with Gasteiger partial charge in [0, 0.05) is 31.5 Å². The molecular formula is C17H28N2. The predicted octanol–water partition coefficient (Wildman–Crippen LogP) is 4.44. The lowest BCUT2D eigenvalue weighted by molar-refractivity contribution is 0.328. The van der Waals surface area contributed by atoms with Crippen LogP contribution in [-0.2, 0) is 0 Å². The van der Waals surface area contributed by atoms with Crippen molar-refractivity contribution < 1.29 is 0 Å². The highest BCUT2D eigenvalue weighted by Crippen LogP contribution is 2.29. The summed E-state index contributed by atoms with van der Waals surface area (Å²) in [4.78, 5) is 2.19.